The summed E-state index contributed by atoms with van der Waals surface area (Å²) in [6, 6.07) is 5.89. The van der Waals surface area contributed by atoms with Crippen molar-refractivity contribution in [2.45, 2.75) is 45.2 Å². The van der Waals surface area contributed by atoms with E-state index in [2.05, 4.69) is 26.7 Å². The maximum Gasteiger partial charge on any atom is 0.433 e. The number of rotatable bonds is 6. The van der Waals surface area contributed by atoms with E-state index in [4.69, 9.17) is 5.11 Å². The van der Waals surface area contributed by atoms with Crippen molar-refractivity contribution in [1.82, 2.24) is 9.97 Å². The van der Waals surface area contributed by atoms with E-state index in [9.17, 15) is 18.0 Å². The van der Waals surface area contributed by atoms with Gasteiger partial charge in [-0.05, 0) is 80.9 Å². The van der Waals surface area contributed by atoms with Crippen LogP contribution in [0.15, 0.2) is 59.6 Å². The molecule has 0 aromatic carbocycles. The van der Waals surface area contributed by atoms with Crippen LogP contribution in [0.5, 0.6) is 0 Å². The molecule has 2 aliphatic carbocycles. The fourth-order valence-corrected chi connectivity index (χ4v) is 4.34. The molecule has 0 radical (unpaired) electrons. The second-order valence-electron chi connectivity index (χ2n) is 8.65. The number of allylic oxidation sites excluding steroid dienone is 4. The largest absolute Gasteiger partial charge is 0.481 e. The molecular formula is C26H24F3N3O2. The summed E-state index contributed by atoms with van der Waals surface area (Å²) in [5, 5.41) is 12.0. The van der Waals surface area contributed by atoms with Gasteiger partial charge in [-0.2, -0.15) is 13.2 Å². The summed E-state index contributed by atoms with van der Waals surface area (Å²) in [6.07, 6.45) is 5.20. The zero-order valence-corrected chi connectivity index (χ0v) is 18.6. The third-order valence-electron chi connectivity index (χ3n) is 6.23. The molecule has 176 valence electrons. The first-order valence-corrected chi connectivity index (χ1v) is 11.1. The molecule has 5 nitrogen and oxygen atoms in total. The quantitative estimate of drug-likeness (QED) is 0.477. The number of aromatic nitrogens is 2. The first kappa shape index (κ1) is 23.6. The van der Waals surface area contributed by atoms with Crippen LogP contribution >= 0.6 is 0 Å². The number of carboxylic acids is 1. The molecular weight excluding hydrogens is 443 g/mol. The Morgan fingerprint density at radius 2 is 1.88 bits per heavy atom. The summed E-state index contributed by atoms with van der Waals surface area (Å²) in [5.74, 6) is 0.402. The lowest BCUT2D eigenvalue weighted by Gasteiger charge is -2.27. The highest BCUT2D eigenvalue weighted by Gasteiger charge is 2.32. The van der Waals surface area contributed by atoms with Gasteiger partial charge in [0.05, 0.1) is 11.4 Å². The number of aliphatic carboxylic acids is 1. The number of anilines is 2. The van der Waals surface area contributed by atoms with E-state index in [0.717, 1.165) is 48.5 Å². The number of aryl methyl sites for hydroxylation is 1. The highest BCUT2D eigenvalue weighted by molar-refractivity contribution is 5.75. The van der Waals surface area contributed by atoms with E-state index in [0.29, 0.717) is 17.4 Å². The Labute approximate surface area is 195 Å². The molecule has 8 heteroatoms. The van der Waals surface area contributed by atoms with E-state index in [1.54, 1.807) is 12.3 Å². The first-order valence-electron chi connectivity index (χ1n) is 11.1. The third kappa shape index (κ3) is 5.66. The maximum absolute atomic E-state index is 12.8. The van der Waals surface area contributed by atoms with Crippen LogP contribution in [0.2, 0.25) is 0 Å². The van der Waals surface area contributed by atoms with Crippen LogP contribution in [-0.4, -0.2) is 21.0 Å². The molecule has 2 N–H and O–H groups in total. The molecule has 0 saturated heterocycles. The zero-order valence-electron chi connectivity index (χ0n) is 18.6. The molecule has 34 heavy (non-hydrogen) atoms. The summed E-state index contributed by atoms with van der Waals surface area (Å²) in [6.45, 7) is 1.51. The number of nitrogens with one attached hydrogen (secondary N) is 1. The fraction of sp³-hybridized carbons (Fsp3) is 0.346. The van der Waals surface area contributed by atoms with Gasteiger partial charge < -0.3 is 10.4 Å². The van der Waals surface area contributed by atoms with Crippen molar-refractivity contribution in [3.05, 3.63) is 76.6 Å². The Morgan fingerprint density at radius 1 is 1.12 bits per heavy atom. The molecule has 0 spiro atoms. The summed E-state index contributed by atoms with van der Waals surface area (Å²) < 4.78 is 38.4. The lowest BCUT2D eigenvalue weighted by atomic mass is 9.77. The first-order chi connectivity index (χ1) is 16.2. The van der Waals surface area contributed by atoms with Gasteiger partial charge >= 0.3 is 12.1 Å². The highest BCUT2D eigenvalue weighted by atomic mass is 19.4. The lowest BCUT2D eigenvalue weighted by molar-refractivity contribution is -0.141. The van der Waals surface area contributed by atoms with E-state index in [1.807, 2.05) is 18.2 Å². The smallest absolute Gasteiger partial charge is 0.433 e. The van der Waals surface area contributed by atoms with Gasteiger partial charge in [0.15, 0.2) is 0 Å². The van der Waals surface area contributed by atoms with E-state index >= 15 is 0 Å². The van der Waals surface area contributed by atoms with Crippen molar-refractivity contribution >= 4 is 23.0 Å². The molecule has 0 unspecified atom stereocenters. The molecule has 0 atom stereocenters. The fourth-order valence-electron chi connectivity index (χ4n) is 4.34. The SMILES string of the molecule is Cc1nc(C(F)(F)F)ccc1Nc1ccc(C2=C=C=C(C3CCC(CC(=O)O)CC3)C=C2)cn1. The molecule has 2 aliphatic rings. The van der Waals surface area contributed by atoms with Crippen LogP contribution in [0.3, 0.4) is 0 Å². The monoisotopic (exact) mass is 467 g/mol. The normalized spacial score (nSPS) is 20.0. The van der Waals surface area contributed by atoms with Crippen LogP contribution in [0.25, 0.3) is 5.57 Å². The second-order valence-corrected chi connectivity index (χ2v) is 8.65. The molecule has 1 fully saturated rings. The van der Waals surface area contributed by atoms with Gasteiger partial charge in [0.25, 0.3) is 0 Å². The minimum Gasteiger partial charge on any atom is -0.481 e. The number of carboxylic acid groups (broad SMARTS) is 1. The van der Waals surface area contributed by atoms with Gasteiger partial charge in [0.2, 0.25) is 0 Å². The highest BCUT2D eigenvalue weighted by Crippen LogP contribution is 2.36. The minimum atomic E-state index is -4.48. The van der Waals surface area contributed by atoms with Gasteiger partial charge in [-0.15, -0.1) is 0 Å². The van der Waals surface area contributed by atoms with Crippen LogP contribution in [0.4, 0.5) is 24.7 Å². The average molecular weight is 467 g/mol. The third-order valence-corrected chi connectivity index (χ3v) is 6.23. The number of nitrogens with zero attached hydrogens (tertiary/aromatic N) is 2. The Bertz CT molecular complexity index is 1210. The number of hydrogen-bond acceptors (Lipinski definition) is 4. The van der Waals surface area contributed by atoms with Gasteiger partial charge in [-0.25, -0.2) is 9.97 Å². The predicted molar refractivity (Wildman–Crippen MR) is 122 cm³/mol. The molecule has 0 aliphatic heterocycles. The van der Waals surface area contributed by atoms with Gasteiger partial charge in [0.1, 0.15) is 11.5 Å². The molecule has 2 heterocycles. The minimum absolute atomic E-state index is 0.233. The number of alkyl halides is 3. The van der Waals surface area contributed by atoms with Crippen LogP contribution in [-0.2, 0) is 11.0 Å². The maximum atomic E-state index is 12.8. The zero-order chi connectivity index (χ0) is 24.3. The summed E-state index contributed by atoms with van der Waals surface area (Å²) in [7, 11) is 0. The van der Waals surface area contributed by atoms with Crippen molar-refractivity contribution in [1.29, 1.82) is 0 Å². The Morgan fingerprint density at radius 3 is 2.44 bits per heavy atom. The molecule has 2 aromatic heterocycles. The predicted octanol–water partition coefficient (Wildman–Crippen LogP) is 6.46. The van der Waals surface area contributed by atoms with Crippen molar-refractivity contribution in [3.8, 4) is 0 Å². The Hall–Kier alpha value is -3.60. The average Bonchev–Trinajstić information content (AvgIpc) is 2.80. The van der Waals surface area contributed by atoms with Crippen LogP contribution < -0.4 is 5.32 Å². The van der Waals surface area contributed by atoms with Gasteiger partial charge in [-0.1, -0.05) is 11.5 Å². The number of halogens is 3. The summed E-state index contributed by atoms with van der Waals surface area (Å²) in [4.78, 5) is 18.9. The molecule has 2 aromatic rings. The van der Waals surface area contributed by atoms with E-state index < -0.39 is 17.8 Å². The summed E-state index contributed by atoms with van der Waals surface area (Å²) >= 11 is 0. The molecule has 0 bridgehead atoms. The van der Waals surface area contributed by atoms with Gasteiger partial charge in [0, 0.05) is 29.3 Å². The topological polar surface area (TPSA) is 75.1 Å². The lowest BCUT2D eigenvalue weighted by Crippen LogP contribution is -2.18. The molecule has 4 rings (SSSR count). The number of hydrogen-bond donors (Lipinski definition) is 2. The second kappa shape index (κ2) is 9.72. The van der Waals surface area contributed by atoms with Crippen LogP contribution in [0, 0.1) is 18.8 Å². The Balaban J connectivity index is 1.43. The number of carbonyl (C=O) groups is 1. The summed E-state index contributed by atoms with van der Waals surface area (Å²) in [5.41, 5.74) is 8.99. The molecule has 1 saturated carbocycles. The Kier molecular flexibility index (Phi) is 6.73. The van der Waals surface area contributed by atoms with E-state index in [-0.39, 0.29) is 18.0 Å². The molecule has 0 amide bonds. The van der Waals surface area contributed by atoms with Crippen LogP contribution in [0.1, 0.15) is 49.1 Å². The van der Waals surface area contributed by atoms with Crippen molar-refractivity contribution in [3.63, 3.8) is 0 Å². The number of pyridine rings is 2. The van der Waals surface area contributed by atoms with Gasteiger partial charge in [-0.3, -0.25) is 4.79 Å². The van der Waals surface area contributed by atoms with Crippen molar-refractivity contribution in [2.75, 3.05) is 5.32 Å². The standard InChI is InChI=1S/C26H24F3N3O2/c1-16-22(11-12-23(31-16)26(27,28)29)32-24-13-10-21(15-30-24)20-8-6-19(7-9-20)18-4-2-17(3-5-18)14-25(33)34/h6,8,10-13,15,17-18H,2-5,14H2,1H3,(H,30,32)(H,33,34). The van der Waals surface area contributed by atoms with E-state index in [1.165, 1.54) is 13.0 Å². The van der Waals surface area contributed by atoms with Crippen molar-refractivity contribution < 1.29 is 23.1 Å². The van der Waals surface area contributed by atoms with Crippen molar-refractivity contribution in [2.24, 2.45) is 11.8 Å².